The molecule has 0 aliphatic carbocycles. The molecule has 0 spiro atoms. The summed E-state index contributed by atoms with van der Waals surface area (Å²) < 4.78 is 10.5. The first-order valence-electron chi connectivity index (χ1n) is 10.3. The maximum Gasteiger partial charge on any atom is 0.295 e. The number of ether oxygens (including phenoxy) is 2. The predicted molar refractivity (Wildman–Crippen MR) is 119 cm³/mol. The van der Waals surface area contributed by atoms with Gasteiger partial charge >= 0.3 is 0 Å². The van der Waals surface area contributed by atoms with E-state index in [2.05, 4.69) is 9.88 Å². The number of rotatable bonds is 6. The maximum atomic E-state index is 13.1. The van der Waals surface area contributed by atoms with Crippen molar-refractivity contribution in [2.75, 3.05) is 46.5 Å². The Kier molecular flexibility index (Phi) is 6.74. The van der Waals surface area contributed by atoms with Gasteiger partial charge in [0.1, 0.15) is 11.5 Å². The second kappa shape index (κ2) is 9.68. The zero-order valence-electron chi connectivity index (χ0n) is 17.7. The molecule has 2 aliphatic rings. The van der Waals surface area contributed by atoms with Gasteiger partial charge < -0.3 is 19.5 Å². The Morgan fingerprint density at radius 2 is 1.91 bits per heavy atom. The molecule has 2 aliphatic heterocycles. The second-order valence-electron chi connectivity index (χ2n) is 7.58. The van der Waals surface area contributed by atoms with E-state index in [0.29, 0.717) is 48.2 Å². The van der Waals surface area contributed by atoms with Crippen molar-refractivity contribution in [1.29, 1.82) is 0 Å². The van der Waals surface area contributed by atoms with Crippen LogP contribution in [0.3, 0.4) is 0 Å². The van der Waals surface area contributed by atoms with Crippen molar-refractivity contribution in [1.82, 2.24) is 14.8 Å². The van der Waals surface area contributed by atoms with Gasteiger partial charge in [-0.3, -0.25) is 19.5 Å². The van der Waals surface area contributed by atoms with E-state index in [1.54, 1.807) is 36.7 Å². The predicted octanol–water partition coefficient (Wildman–Crippen LogP) is 2.50. The van der Waals surface area contributed by atoms with Crippen LogP contribution in [0.25, 0.3) is 5.76 Å². The number of aliphatic hydroxyl groups excluding tert-OH is 1. The third-order valence-electron chi connectivity index (χ3n) is 5.75. The Bertz CT molecular complexity index is 1040. The minimum absolute atomic E-state index is 0.0319. The molecule has 2 aromatic rings. The minimum atomic E-state index is -0.724. The number of hydrogen-bond acceptors (Lipinski definition) is 7. The molecule has 1 amide bonds. The van der Waals surface area contributed by atoms with Crippen LogP contribution in [0.15, 0.2) is 48.3 Å². The summed E-state index contributed by atoms with van der Waals surface area (Å²) in [5, 5.41) is 11.4. The van der Waals surface area contributed by atoms with Gasteiger partial charge in [-0.25, -0.2) is 0 Å². The summed E-state index contributed by atoms with van der Waals surface area (Å²) in [5.41, 5.74) is 1.06. The molecule has 1 atom stereocenters. The van der Waals surface area contributed by atoms with E-state index in [0.717, 1.165) is 13.1 Å². The van der Waals surface area contributed by atoms with Crippen LogP contribution in [0.2, 0.25) is 5.02 Å². The maximum absolute atomic E-state index is 13.1. The van der Waals surface area contributed by atoms with Crippen LogP contribution in [-0.4, -0.2) is 78.1 Å². The van der Waals surface area contributed by atoms with Gasteiger partial charge in [0.15, 0.2) is 0 Å². The first-order chi connectivity index (χ1) is 15.5. The number of halogens is 1. The number of Topliss-reactive ketones (excluding diaryl/α,β-unsaturated/α-hetero) is 1. The van der Waals surface area contributed by atoms with Crippen LogP contribution in [0, 0.1) is 0 Å². The van der Waals surface area contributed by atoms with Crippen LogP contribution >= 0.6 is 11.6 Å². The van der Waals surface area contributed by atoms with E-state index >= 15 is 0 Å². The van der Waals surface area contributed by atoms with Gasteiger partial charge in [-0.2, -0.15) is 0 Å². The van der Waals surface area contributed by atoms with Gasteiger partial charge in [-0.05, 0) is 35.9 Å². The van der Waals surface area contributed by atoms with Gasteiger partial charge in [0.05, 0.1) is 37.0 Å². The topological polar surface area (TPSA) is 92.2 Å². The molecule has 1 aromatic carbocycles. The SMILES string of the molecule is COc1ccc(C(O)=C2C(=O)C(=O)N(CCN3CCOCC3)C2c2ccncc2)cc1Cl. The fourth-order valence-electron chi connectivity index (χ4n) is 4.05. The van der Waals surface area contributed by atoms with Gasteiger partial charge in [-0.15, -0.1) is 0 Å². The van der Waals surface area contributed by atoms with E-state index in [4.69, 9.17) is 21.1 Å². The molecule has 4 rings (SSSR count). The Hall–Kier alpha value is -2.94. The van der Waals surface area contributed by atoms with Crippen molar-refractivity contribution in [3.05, 3.63) is 64.4 Å². The van der Waals surface area contributed by atoms with Crippen LogP contribution in [-0.2, 0) is 14.3 Å². The van der Waals surface area contributed by atoms with Crippen molar-refractivity contribution in [3.8, 4) is 5.75 Å². The summed E-state index contributed by atoms with van der Waals surface area (Å²) >= 11 is 6.22. The van der Waals surface area contributed by atoms with Gasteiger partial charge in [-0.1, -0.05) is 11.6 Å². The fourth-order valence-corrected chi connectivity index (χ4v) is 4.30. The molecular formula is C23H24ClN3O5. The van der Waals surface area contributed by atoms with E-state index in [1.807, 2.05) is 0 Å². The van der Waals surface area contributed by atoms with Crippen LogP contribution in [0.5, 0.6) is 5.75 Å². The quantitative estimate of drug-likeness (QED) is 0.404. The highest BCUT2D eigenvalue weighted by molar-refractivity contribution is 6.46. The third kappa shape index (κ3) is 4.34. The number of carbonyl (C=O) groups excluding carboxylic acids is 2. The average molecular weight is 458 g/mol. The molecule has 0 radical (unpaired) electrons. The highest BCUT2D eigenvalue weighted by Crippen LogP contribution is 2.40. The molecular weight excluding hydrogens is 434 g/mol. The number of ketones is 1. The summed E-state index contributed by atoms with van der Waals surface area (Å²) in [7, 11) is 1.49. The zero-order chi connectivity index (χ0) is 22.7. The molecule has 0 bridgehead atoms. The summed E-state index contributed by atoms with van der Waals surface area (Å²) in [4.78, 5) is 33.8. The highest BCUT2D eigenvalue weighted by atomic mass is 35.5. The summed E-state index contributed by atoms with van der Waals surface area (Å²) in [6, 6.07) is 7.48. The lowest BCUT2D eigenvalue weighted by atomic mass is 9.96. The highest BCUT2D eigenvalue weighted by Gasteiger charge is 2.46. The molecule has 2 fully saturated rings. The Morgan fingerprint density at radius 1 is 1.19 bits per heavy atom. The van der Waals surface area contributed by atoms with Crippen molar-refractivity contribution < 1.29 is 24.2 Å². The first kappa shape index (κ1) is 22.3. The molecule has 168 valence electrons. The molecule has 0 saturated carbocycles. The Morgan fingerprint density at radius 3 is 2.56 bits per heavy atom. The fraction of sp³-hybridized carbons (Fsp3) is 0.348. The zero-order valence-corrected chi connectivity index (χ0v) is 18.4. The number of nitrogens with zero attached hydrogens (tertiary/aromatic N) is 3. The average Bonchev–Trinajstić information content (AvgIpc) is 3.08. The second-order valence-corrected chi connectivity index (χ2v) is 7.98. The normalized spacial score (nSPS) is 21.2. The van der Waals surface area contributed by atoms with Crippen molar-refractivity contribution in [2.45, 2.75) is 6.04 Å². The number of likely N-dealkylation sites (tertiary alicyclic amines) is 1. The Labute approximate surface area is 191 Å². The molecule has 32 heavy (non-hydrogen) atoms. The van der Waals surface area contributed by atoms with Gasteiger partial charge in [0.2, 0.25) is 0 Å². The number of aliphatic hydroxyl groups is 1. The number of morpholine rings is 1. The lowest BCUT2D eigenvalue weighted by Gasteiger charge is -2.31. The lowest BCUT2D eigenvalue weighted by Crippen LogP contribution is -2.42. The number of aromatic nitrogens is 1. The molecule has 8 nitrogen and oxygen atoms in total. The van der Waals surface area contributed by atoms with E-state index in [1.165, 1.54) is 18.1 Å². The van der Waals surface area contributed by atoms with Gasteiger partial charge in [0.25, 0.3) is 11.7 Å². The molecule has 9 heteroatoms. The summed E-state index contributed by atoms with van der Waals surface area (Å²) in [5.74, 6) is -1.19. The van der Waals surface area contributed by atoms with Gasteiger partial charge in [0, 0.05) is 44.1 Å². The third-order valence-corrected chi connectivity index (χ3v) is 6.04. The number of hydrogen-bond donors (Lipinski definition) is 1. The summed E-state index contributed by atoms with van der Waals surface area (Å²) in [6.07, 6.45) is 3.20. The number of pyridine rings is 1. The first-order valence-corrected chi connectivity index (χ1v) is 10.7. The lowest BCUT2D eigenvalue weighted by molar-refractivity contribution is -0.140. The smallest absolute Gasteiger partial charge is 0.295 e. The van der Waals surface area contributed by atoms with Crippen LogP contribution < -0.4 is 4.74 Å². The van der Waals surface area contributed by atoms with E-state index < -0.39 is 17.7 Å². The van der Waals surface area contributed by atoms with Crippen LogP contribution in [0.4, 0.5) is 0 Å². The van der Waals surface area contributed by atoms with E-state index in [9.17, 15) is 14.7 Å². The number of amides is 1. The molecule has 2 saturated heterocycles. The monoisotopic (exact) mass is 457 g/mol. The van der Waals surface area contributed by atoms with Crippen molar-refractivity contribution >= 4 is 29.1 Å². The number of benzene rings is 1. The van der Waals surface area contributed by atoms with Crippen molar-refractivity contribution in [2.24, 2.45) is 0 Å². The largest absolute Gasteiger partial charge is 0.507 e. The Balaban J connectivity index is 1.72. The molecule has 1 aromatic heterocycles. The number of methoxy groups -OCH3 is 1. The van der Waals surface area contributed by atoms with Crippen molar-refractivity contribution in [3.63, 3.8) is 0 Å². The molecule has 1 unspecified atom stereocenters. The molecule has 3 heterocycles. The minimum Gasteiger partial charge on any atom is -0.507 e. The summed E-state index contributed by atoms with van der Waals surface area (Å²) in [6.45, 7) is 3.78. The van der Waals surface area contributed by atoms with E-state index in [-0.39, 0.29) is 11.3 Å². The molecule has 1 N–H and O–H groups in total. The standard InChI is InChI=1S/C23H24ClN3O5/c1-31-18-3-2-16(14-17(18)24)21(28)19-20(15-4-6-25-7-5-15)27(23(30)22(19)29)9-8-26-10-12-32-13-11-26/h2-7,14,20,28H,8-13H2,1H3. The number of carbonyl (C=O) groups is 2. The van der Waals surface area contributed by atoms with Crippen LogP contribution in [0.1, 0.15) is 17.2 Å².